The normalized spacial score (nSPS) is 23.3. The van der Waals surface area contributed by atoms with E-state index in [4.69, 9.17) is 9.47 Å². The second-order valence-electron chi connectivity index (χ2n) is 3.54. The van der Waals surface area contributed by atoms with Crippen molar-refractivity contribution < 1.29 is 9.47 Å². The highest BCUT2D eigenvalue weighted by Crippen LogP contribution is 2.11. The Balaban J connectivity index is 1.86. The molecule has 0 radical (unpaired) electrons. The van der Waals surface area contributed by atoms with E-state index in [0.717, 1.165) is 32.7 Å². The van der Waals surface area contributed by atoms with E-state index < -0.39 is 0 Å². The minimum absolute atomic E-state index is 0.455. The lowest BCUT2D eigenvalue weighted by atomic mass is 10.1. The lowest BCUT2D eigenvalue weighted by Gasteiger charge is -2.22. The van der Waals surface area contributed by atoms with Crippen molar-refractivity contribution in [3.63, 3.8) is 0 Å². The topological polar surface area (TPSA) is 30.5 Å². The molecule has 1 fully saturated rings. The van der Waals surface area contributed by atoms with Gasteiger partial charge in [0.05, 0.1) is 6.10 Å². The van der Waals surface area contributed by atoms with Crippen molar-refractivity contribution in [1.82, 2.24) is 5.32 Å². The molecule has 1 unspecified atom stereocenters. The third-order valence-corrected chi connectivity index (χ3v) is 2.35. The van der Waals surface area contributed by atoms with Gasteiger partial charge < -0.3 is 14.8 Å². The van der Waals surface area contributed by atoms with E-state index >= 15 is 0 Å². The summed E-state index contributed by atoms with van der Waals surface area (Å²) in [6.45, 7) is 3.83. The Kier molecular flexibility index (Phi) is 6.15. The minimum Gasteiger partial charge on any atom is -0.385 e. The van der Waals surface area contributed by atoms with Gasteiger partial charge in [-0.05, 0) is 32.2 Å². The van der Waals surface area contributed by atoms with Crippen LogP contribution in [0.4, 0.5) is 0 Å². The van der Waals surface area contributed by atoms with Crippen molar-refractivity contribution in [3.05, 3.63) is 0 Å². The number of methoxy groups -OCH3 is 1. The number of hydrogen-bond donors (Lipinski definition) is 1. The monoisotopic (exact) mass is 187 g/mol. The van der Waals surface area contributed by atoms with Gasteiger partial charge in [-0.2, -0.15) is 0 Å². The van der Waals surface area contributed by atoms with Crippen LogP contribution in [-0.4, -0.2) is 39.5 Å². The van der Waals surface area contributed by atoms with E-state index in [1.165, 1.54) is 19.3 Å². The molecule has 0 aromatic carbocycles. The lowest BCUT2D eigenvalue weighted by molar-refractivity contribution is 0.0168. The van der Waals surface area contributed by atoms with Crippen molar-refractivity contribution >= 4 is 0 Å². The highest BCUT2D eigenvalue weighted by atomic mass is 16.5. The van der Waals surface area contributed by atoms with Crippen LogP contribution in [0.15, 0.2) is 0 Å². The molecule has 0 saturated carbocycles. The van der Waals surface area contributed by atoms with E-state index in [1.807, 2.05) is 0 Å². The van der Waals surface area contributed by atoms with Gasteiger partial charge in [0.1, 0.15) is 0 Å². The Morgan fingerprint density at radius 2 is 2.38 bits per heavy atom. The van der Waals surface area contributed by atoms with Gasteiger partial charge in [0.25, 0.3) is 0 Å². The largest absolute Gasteiger partial charge is 0.385 e. The molecule has 1 rings (SSSR count). The van der Waals surface area contributed by atoms with Crippen molar-refractivity contribution in [1.29, 1.82) is 0 Å². The van der Waals surface area contributed by atoms with Gasteiger partial charge >= 0.3 is 0 Å². The minimum atomic E-state index is 0.455. The lowest BCUT2D eigenvalue weighted by Crippen LogP contribution is -2.32. The van der Waals surface area contributed by atoms with Crippen molar-refractivity contribution in [2.75, 3.05) is 33.4 Å². The molecule has 0 aromatic rings. The zero-order chi connectivity index (χ0) is 9.36. The van der Waals surface area contributed by atoms with Gasteiger partial charge in [0.2, 0.25) is 0 Å². The van der Waals surface area contributed by atoms with Gasteiger partial charge in [0.15, 0.2) is 0 Å². The van der Waals surface area contributed by atoms with E-state index in [2.05, 4.69) is 5.32 Å². The summed E-state index contributed by atoms with van der Waals surface area (Å²) in [5, 5.41) is 3.38. The molecule has 1 aliphatic rings. The first kappa shape index (κ1) is 11.0. The molecule has 3 nitrogen and oxygen atoms in total. The van der Waals surface area contributed by atoms with Gasteiger partial charge in [-0.15, -0.1) is 0 Å². The summed E-state index contributed by atoms with van der Waals surface area (Å²) in [4.78, 5) is 0. The first-order chi connectivity index (χ1) is 6.43. The standard InChI is InChI=1S/C10H21NO2/c1-12-7-4-6-11-9-10-5-2-3-8-13-10/h10-11H,2-9H2,1H3. The molecule has 1 heterocycles. The number of hydrogen-bond acceptors (Lipinski definition) is 3. The molecule has 0 aromatic heterocycles. The first-order valence-corrected chi connectivity index (χ1v) is 5.24. The fourth-order valence-electron chi connectivity index (χ4n) is 1.57. The average Bonchev–Trinajstić information content (AvgIpc) is 2.19. The molecule has 78 valence electrons. The molecule has 13 heavy (non-hydrogen) atoms. The Morgan fingerprint density at radius 3 is 3.08 bits per heavy atom. The van der Waals surface area contributed by atoms with Gasteiger partial charge in [0, 0.05) is 26.9 Å². The summed E-state index contributed by atoms with van der Waals surface area (Å²) in [6, 6.07) is 0. The summed E-state index contributed by atoms with van der Waals surface area (Å²) >= 11 is 0. The quantitative estimate of drug-likeness (QED) is 0.633. The maximum Gasteiger partial charge on any atom is 0.0699 e. The Bertz CT molecular complexity index is 113. The SMILES string of the molecule is COCCCNCC1CCCCO1. The molecule has 0 spiro atoms. The van der Waals surface area contributed by atoms with Crippen molar-refractivity contribution in [2.45, 2.75) is 31.8 Å². The smallest absolute Gasteiger partial charge is 0.0699 e. The van der Waals surface area contributed by atoms with Crippen LogP contribution in [0.3, 0.4) is 0 Å². The average molecular weight is 187 g/mol. The Labute approximate surface area is 80.8 Å². The molecule has 1 saturated heterocycles. The van der Waals surface area contributed by atoms with Crippen molar-refractivity contribution in [2.24, 2.45) is 0 Å². The molecule has 1 N–H and O–H groups in total. The van der Waals surface area contributed by atoms with Crippen LogP contribution in [0.5, 0.6) is 0 Å². The fourth-order valence-corrected chi connectivity index (χ4v) is 1.57. The summed E-state index contributed by atoms with van der Waals surface area (Å²) in [7, 11) is 1.74. The van der Waals surface area contributed by atoms with Crippen LogP contribution in [0.1, 0.15) is 25.7 Å². The molecular formula is C10H21NO2. The summed E-state index contributed by atoms with van der Waals surface area (Å²) < 4.78 is 10.6. The molecule has 0 amide bonds. The molecule has 1 aliphatic heterocycles. The van der Waals surface area contributed by atoms with Crippen LogP contribution in [0.2, 0.25) is 0 Å². The van der Waals surface area contributed by atoms with Gasteiger partial charge in [-0.1, -0.05) is 0 Å². The van der Waals surface area contributed by atoms with Crippen LogP contribution in [0.25, 0.3) is 0 Å². The second-order valence-corrected chi connectivity index (χ2v) is 3.54. The first-order valence-electron chi connectivity index (χ1n) is 5.24. The van der Waals surface area contributed by atoms with Gasteiger partial charge in [-0.25, -0.2) is 0 Å². The zero-order valence-electron chi connectivity index (χ0n) is 8.55. The van der Waals surface area contributed by atoms with E-state index in [1.54, 1.807) is 7.11 Å². The summed E-state index contributed by atoms with van der Waals surface area (Å²) in [5.41, 5.74) is 0. The molecular weight excluding hydrogens is 166 g/mol. The Morgan fingerprint density at radius 1 is 1.46 bits per heavy atom. The highest BCUT2D eigenvalue weighted by Gasteiger charge is 2.12. The maximum absolute atomic E-state index is 5.59. The molecule has 0 bridgehead atoms. The highest BCUT2D eigenvalue weighted by molar-refractivity contribution is 4.65. The van der Waals surface area contributed by atoms with E-state index in [0.29, 0.717) is 6.10 Å². The van der Waals surface area contributed by atoms with Crippen LogP contribution >= 0.6 is 0 Å². The second kappa shape index (κ2) is 7.30. The predicted molar refractivity (Wildman–Crippen MR) is 53.0 cm³/mol. The molecule has 0 aliphatic carbocycles. The van der Waals surface area contributed by atoms with Crippen LogP contribution in [0, 0.1) is 0 Å². The zero-order valence-corrected chi connectivity index (χ0v) is 8.55. The summed E-state index contributed by atoms with van der Waals surface area (Å²) in [6.07, 6.45) is 5.32. The molecule has 1 atom stereocenters. The fraction of sp³-hybridized carbons (Fsp3) is 1.00. The third kappa shape index (κ3) is 5.24. The van der Waals surface area contributed by atoms with E-state index in [-0.39, 0.29) is 0 Å². The van der Waals surface area contributed by atoms with Crippen LogP contribution < -0.4 is 5.32 Å². The number of rotatable bonds is 6. The van der Waals surface area contributed by atoms with Crippen LogP contribution in [-0.2, 0) is 9.47 Å². The third-order valence-electron chi connectivity index (χ3n) is 2.35. The Hall–Kier alpha value is -0.120. The van der Waals surface area contributed by atoms with E-state index in [9.17, 15) is 0 Å². The summed E-state index contributed by atoms with van der Waals surface area (Å²) in [5.74, 6) is 0. The maximum atomic E-state index is 5.59. The van der Waals surface area contributed by atoms with Crippen molar-refractivity contribution in [3.8, 4) is 0 Å². The molecule has 3 heteroatoms. The number of ether oxygens (including phenoxy) is 2. The van der Waals surface area contributed by atoms with Gasteiger partial charge in [-0.3, -0.25) is 0 Å². The number of nitrogens with one attached hydrogen (secondary N) is 1. The predicted octanol–water partition coefficient (Wildman–Crippen LogP) is 1.18.